The second-order valence-electron chi connectivity index (χ2n) is 6.30. The van der Waals surface area contributed by atoms with Crippen molar-refractivity contribution in [2.45, 2.75) is 26.3 Å². The Kier molecular flexibility index (Phi) is 6.06. The van der Waals surface area contributed by atoms with E-state index in [0.29, 0.717) is 29.9 Å². The van der Waals surface area contributed by atoms with Crippen LogP contribution in [0.1, 0.15) is 30.1 Å². The van der Waals surface area contributed by atoms with Crippen LogP contribution in [0.15, 0.2) is 65.7 Å². The van der Waals surface area contributed by atoms with Gasteiger partial charge in [0, 0.05) is 48.2 Å². The Hall–Kier alpha value is -3.61. The topological polar surface area (TPSA) is 93.9 Å². The molecule has 0 atom stereocenters. The van der Waals surface area contributed by atoms with E-state index in [1.54, 1.807) is 42.7 Å². The molecule has 0 aliphatic rings. The van der Waals surface area contributed by atoms with E-state index in [0.717, 1.165) is 5.56 Å². The van der Waals surface area contributed by atoms with E-state index in [4.69, 9.17) is 0 Å². The molecule has 0 spiro atoms. The summed E-state index contributed by atoms with van der Waals surface area (Å²) in [5.74, 6) is -0.182. The lowest BCUT2D eigenvalue weighted by Crippen LogP contribution is -2.23. The molecule has 3 rings (SSSR count). The Morgan fingerprint density at radius 1 is 1.00 bits per heavy atom. The number of carbonyl (C=O) groups excluding carboxylic acids is 2. The van der Waals surface area contributed by atoms with Crippen molar-refractivity contribution in [1.29, 1.82) is 0 Å². The lowest BCUT2D eigenvalue weighted by atomic mass is 10.1. The third-order valence-electron chi connectivity index (χ3n) is 4.19. The molecule has 1 N–H and O–H groups in total. The van der Waals surface area contributed by atoms with Gasteiger partial charge in [-0.2, -0.15) is 5.10 Å². The molecule has 7 nitrogen and oxygen atoms in total. The third kappa shape index (κ3) is 4.97. The van der Waals surface area contributed by atoms with Gasteiger partial charge in [0.2, 0.25) is 5.91 Å². The van der Waals surface area contributed by atoms with E-state index < -0.39 is 0 Å². The van der Waals surface area contributed by atoms with Gasteiger partial charge in [0.25, 0.3) is 5.56 Å². The lowest BCUT2D eigenvalue weighted by Gasteiger charge is -2.08. The minimum Gasteiger partial charge on any atom is -0.326 e. The fraction of sp³-hybridized carbons (Fsp3) is 0.190. The van der Waals surface area contributed by atoms with Crippen LogP contribution >= 0.6 is 0 Å². The largest absolute Gasteiger partial charge is 0.326 e. The predicted octanol–water partition coefficient (Wildman–Crippen LogP) is 2.93. The first-order chi connectivity index (χ1) is 13.5. The molecule has 2 heterocycles. The number of hydrogen-bond acceptors (Lipinski definition) is 5. The van der Waals surface area contributed by atoms with Crippen LogP contribution in [0.25, 0.3) is 11.3 Å². The molecule has 0 bridgehead atoms. The number of hydrogen-bond donors (Lipinski definition) is 1. The highest BCUT2D eigenvalue weighted by Gasteiger charge is 2.07. The number of nitrogens with one attached hydrogen (secondary N) is 1. The minimum absolute atomic E-state index is 0.0233. The van der Waals surface area contributed by atoms with Gasteiger partial charge in [-0.25, -0.2) is 4.68 Å². The average Bonchev–Trinajstić information content (AvgIpc) is 2.70. The van der Waals surface area contributed by atoms with Crippen molar-refractivity contribution in [3.63, 3.8) is 0 Å². The second kappa shape index (κ2) is 8.85. The molecule has 2 aromatic heterocycles. The van der Waals surface area contributed by atoms with Crippen molar-refractivity contribution in [2.75, 3.05) is 5.32 Å². The predicted molar refractivity (Wildman–Crippen MR) is 106 cm³/mol. The van der Waals surface area contributed by atoms with Gasteiger partial charge in [-0.05, 0) is 55.8 Å². The van der Waals surface area contributed by atoms with Crippen molar-refractivity contribution in [2.24, 2.45) is 0 Å². The normalized spacial score (nSPS) is 10.5. The van der Waals surface area contributed by atoms with Crippen molar-refractivity contribution < 1.29 is 9.59 Å². The number of nitrogens with zero attached hydrogens (tertiary/aromatic N) is 3. The number of ketones is 1. The smallest absolute Gasteiger partial charge is 0.266 e. The van der Waals surface area contributed by atoms with Crippen molar-refractivity contribution >= 4 is 17.4 Å². The molecule has 0 radical (unpaired) electrons. The van der Waals surface area contributed by atoms with Gasteiger partial charge in [0.05, 0.1) is 5.69 Å². The molecule has 0 saturated carbocycles. The first-order valence-corrected chi connectivity index (χ1v) is 8.92. The fourth-order valence-corrected chi connectivity index (χ4v) is 2.69. The summed E-state index contributed by atoms with van der Waals surface area (Å²) < 4.78 is 1.37. The molecule has 142 valence electrons. The number of anilines is 1. The number of amides is 1. The monoisotopic (exact) mass is 376 g/mol. The molecular formula is C21H20N4O3. The minimum atomic E-state index is -0.210. The summed E-state index contributed by atoms with van der Waals surface area (Å²) in [6.45, 7) is 1.84. The van der Waals surface area contributed by atoms with Gasteiger partial charge in [0.1, 0.15) is 0 Å². The summed E-state index contributed by atoms with van der Waals surface area (Å²) in [6.07, 6.45) is 4.06. The summed E-state index contributed by atoms with van der Waals surface area (Å²) in [5.41, 5.74) is 2.56. The van der Waals surface area contributed by atoms with Gasteiger partial charge in [0.15, 0.2) is 5.78 Å². The highest BCUT2D eigenvalue weighted by molar-refractivity contribution is 5.95. The van der Waals surface area contributed by atoms with Crippen molar-refractivity contribution in [3.8, 4) is 11.3 Å². The highest BCUT2D eigenvalue weighted by atomic mass is 16.2. The molecule has 3 aromatic rings. The Labute approximate surface area is 162 Å². The van der Waals surface area contributed by atoms with Crippen LogP contribution in [0.3, 0.4) is 0 Å². The lowest BCUT2D eigenvalue weighted by molar-refractivity contribution is -0.116. The maximum atomic E-state index is 12.1. The quantitative estimate of drug-likeness (QED) is 0.640. The zero-order chi connectivity index (χ0) is 19.9. The molecular weight excluding hydrogens is 356 g/mol. The van der Waals surface area contributed by atoms with E-state index >= 15 is 0 Å². The van der Waals surface area contributed by atoms with Crippen LogP contribution in [0.2, 0.25) is 0 Å². The fourth-order valence-electron chi connectivity index (χ4n) is 2.69. The Balaban J connectivity index is 1.56. The van der Waals surface area contributed by atoms with E-state index in [9.17, 15) is 14.4 Å². The molecule has 1 aromatic carbocycles. The maximum absolute atomic E-state index is 12.1. The van der Waals surface area contributed by atoms with Crippen LogP contribution in [-0.2, 0) is 11.3 Å². The number of pyridine rings is 1. The number of carbonyl (C=O) groups is 2. The molecule has 0 fully saturated rings. The molecule has 0 saturated heterocycles. The van der Waals surface area contributed by atoms with Crippen LogP contribution in [0.5, 0.6) is 0 Å². The third-order valence-corrected chi connectivity index (χ3v) is 4.19. The average molecular weight is 376 g/mol. The number of benzene rings is 1. The first-order valence-electron chi connectivity index (χ1n) is 8.92. The standard InChI is InChI=1S/C21H20N4O3/c1-15(26)16-4-6-18(7-5-16)23-20(27)3-2-14-25-21(28)9-8-19(24-25)17-10-12-22-13-11-17/h4-13H,2-3,14H2,1H3,(H,23,27). The molecule has 28 heavy (non-hydrogen) atoms. The van der Waals surface area contributed by atoms with Crippen LogP contribution in [0.4, 0.5) is 5.69 Å². The van der Waals surface area contributed by atoms with Crippen molar-refractivity contribution in [3.05, 3.63) is 76.8 Å². The molecule has 1 amide bonds. The first kappa shape index (κ1) is 19.2. The number of aromatic nitrogens is 3. The van der Waals surface area contributed by atoms with E-state index in [1.807, 2.05) is 12.1 Å². The van der Waals surface area contributed by atoms with Gasteiger partial charge >= 0.3 is 0 Å². The summed E-state index contributed by atoms with van der Waals surface area (Å²) in [4.78, 5) is 39.4. The molecule has 7 heteroatoms. The van der Waals surface area contributed by atoms with E-state index in [-0.39, 0.29) is 23.7 Å². The zero-order valence-electron chi connectivity index (χ0n) is 15.5. The SMILES string of the molecule is CC(=O)c1ccc(NC(=O)CCCn2nc(-c3ccncc3)ccc2=O)cc1. The van der Waals surface area contributed by atoms with Crippen LogP contribution < -0.4 is 10.9 Å². The molecule has 0 aliphatic heterocycles. The van der Waals surface area contributed by atoms with Crippen molar-refractivity contribution in [1.82, 2.24) is 14.8 Å². The molecule has 0 aliphatic carbocycles. The Morgan fingerprint density at radius 2 is 1.71 bits per heavy atom. The summed E-state index contributed by atoms with van der Waals surface area (Å²) >= 11 is 0. The summed E-state index contributed by atoms with van der Waals surface area (Å²) in [7, 11) is 0. The maximum Gasteiger partial charge on any atom is 0.266 e. The van der Waals surface area contributed by atoms with Crippen LogP contribution in [0, 0.1) is 0 Å². The summed E-state index contributed by atoms with van der Waals surface area (Å²) in [6, 6.07) is 13.5. The van der Waals surface area contributed by atoms with Gasteiger partial charge in [-0.1, -0.05) is 0 Å². The number of aryl methyl sites for hydroxylation is 1. The zero-order valence-corrected chi connectivity index (χ0v) is 15.5. The Morgan fingerprint density at radius 3 is 2.39 bits per heavy atom. The second-order valence-corrected chi connectivity index (χ2v) is 6.30. The van der Waals surface area contributed by atoms with E-state index in [1.165, 1.54) is 17.7 Å². The van der Waals surface area contributed by atoms with Gasteiger partial charge in [-0.3, -0.25) is 19.4 Å². The van der Waals surface area contributed by atoms with Crippen LogP contribution in [-0.4, -0.2) is 26.5 Å². The number of Topliss-reactive ketones (excluding diaryl/α,β-unsaturated/α-hetero) is 1. The number of rotatable bonds is 7. The Bertz CT molecular complexity index is 1030. The summed E-state index contributed by atoms with van der Waals surface area (Å²) in [5, 5.41) is 7.14. The van der Waals surface area contributed by atoms with Gasteiger partial charge < -0.3 is 5.32 Å². The molecule has 0 unspecified atom stereocenters. The van der Waals surface area contributed by atoms with Gasteiger partial charge in [-0.15, -0.1) is 0 Å². The highest BCUT2D eigenvalue weighted by Crippen LogP contribution is 2.13. The van der Waals surface area contributed by atoms with E-state index in [2.05, 4.69) is 15.4 Å².